The molecule has 3 nitrogen and oxygen atoms in total. The quantitative estimate of drug-likeness (QED) is 0.840. The van der Waals surface area contributed by atoms with Crippen molar-refractivity contribution in [2.45, 2.75) is 6.42 Å². The highest BCUT2D eigenvalue weighted by atomic mass is 16.5. The lowest BCUT2D eigenvalue weighted by Crippen LogP contribution is -2.00. The van der Waals surface area contributed by atoms with Crippen molar-refractivity contribution in [2.75, 3.05) is 20.0 Å². The second kappa shape index (κ2) is 5.45. The molecule has 2 rings (SSSR count). The maximum absolute atomic E-state index is 6.07. The molecule has 0 spiro atoms. The largest absolute Gasteiger partial charge is 0.496 e. The molecular weight excluding hydrogens is 226 g/mol. The second-order valence-electron chi connectivity index (χ2n) is 4.02. The van der Waals surface area contributed by atoms with Crippen LogP contribution >= 0.6 is 0 Å². The van der Waals surface area contributed by atoms with Crippen molar-refractivity contribution in [1.82, 2.24) is 0 Å². The van der Waals surface area contributed by atoms with Crippen LogP contribution in [0.25, 0.3) is 0 Å². The van der Waals surface area contributed by atoms with Gasteiger partial charge in [0.05, 0.1) is 19.9 Å². The van der Waals surface area contributed by atoms with Crippen LogP contribution < -0.4 is 15.2 Å². The minimum absolute atomic E-state index is 0.686. The smallest absolute Gasteiger partial charge is 0.142 e. The van der Waals surface area contributed by atoms with Gasteiger partial charge < -0.3 is 15.2 Å². The van der Waals surface area contributed by atoms with Gasteiger partial charge in [-0.1, -0.05) is 30.3 Å². The van der Waals surface area contributed by atoms with E-state index in [1.165, 1.54) is 0 Å². The molecule has 0 saturated heterocycles. The highest BCUT2D eigenvalue weighted by Crippen LogP contribution is 2.29. The minimum atomic E-state index is 0.686. The number of para-hydroxylation sites is 2. The summed E-state index contributed by atoms with van der Waals surface area (Å²) in [4.78, 5) is 0. The lowest BCUT2D eigenvalue weighted by Gasteiger charge is -2.12. The van der Waals surface area contributed by atoms with Gasteiger partial charge in [0.1, 0.15) is 11.5 Å². The normalized spacial score (nSPS) is 10.1. The summed E-state index contributed by atoms with van der Waals surface area (Å²) < 4.78 is 10.6. The molecule has 0 atom stereocenters. The Labute approximate surface area is 107 Å². The Hall–Kier alpha value is -2.16. The summed E-state index contributed by atoms with van der Waals surface area (Å²) in [5.74, 6) is 1.59. The number of rotatable bonds is 4. The fourth-order valence-corrected chi connectivity index (χ4v) is 1.98. The highest BCUT2D eigenvalue weighted by molar-refractivity contribution is 5.60. The molecule has 0 amide bonds. The van der Waals surface area contributed by atoms with Crippen LogP contribution in [-0.4, -0.2) is 14.2 Å². The van der Waals surface area contributed by atoms with E-state index >= 15 is 0 Å². The van der Waals surface area contributed by atoms with Crippen molar-refractivity contribution in [1.29, 1.82) is 0 Å². The van der Waals surface area contributed by atoms with Gasteiger partial charge in [0, 0.05) is 6.42 Å². The van der Waals surface area contributed by atoms with Crippen LogP contribution in [0.4, 0.5) is 5.69 Å². The molecule has 0 saturated carbocycles. The maximum atomic E-state index is 6.07. The van der Waals surface area contributed by atoms with Crippen LogP contribution in [0.2, 0.25) is 0 Å². The van der Waals surface area contributed by atoms with Crippen LogP contribution in [0, 0.1) is 0 Å². The predicted molar refractivity (Wildman–Crippen MR) is 73.2 cm³/mol. The molecule has 0 bridgehead atoms. The monoisotopic (exact) mass is 243 g/mol. The molecule has 0 heterocycles. The predicted octanol–water partition coefficient (Wildman–Crippen LogP) is 2.88. The zero-order valence-corrected chi connectivity index (χ0v) is 10.6. The molecule has 0 unspecified atom stereocenters. The van der Waals surface area contributed by atoms with Crippen molar-refractivity contribution in [2.24, 2.45) is 0 Å². The van der Waals surface area contributed by atoms with Crippen molar-refractivity contribution < 1.29 is 9.47 Å². The molecule has 2 N–H and O–H groups in total. The number of ether oxygens (including phenoxy) is 2. The number of hydrogen-bond acceptors (Lipinski definition) is 3. The topological polar surface area (TPSA) is 44.5 Å². The Morgan fingerprint density at radius 2 is 1.44 bits per heavy atom. The third-order valence-corrected chi connectivity index (χ3v) is 2.95. The van der Waals surface area contributed by atoms with Gasteiger partial charge in [0.2, 0.25) is 0 Å². The van der Waals surface area contributed by atoms with Gasteiger partial charge in [-0.25, -0.2) is 0 Å². The van der Waals surface area contributed by atoms with E-state index in [4.69, 9.17) is 15.2 Å². The van der Waals surface area contributed by atoms with Gasteiger partial charge in [-0.05, 0) is 23.3 Å². The average Bonchev–Trinajstić information content (AvgIpc) is 2.42. The Bertz CT molecular complexity index is 538. The minimum Gasteiger partial charge on any atom is -0.496 e. The molecule has 0 fully saturated rings. The SMILES string of the molecule is COc1ccccc1Cc1cccc(OC)c1N. The fraction of sp³-hybridized carbons (Fsp3) is 0.200. The van der Waals surface area contributed by atoms with Crippen molar-refractivity contribution >= 4 is 5.69 Å². The molecule has 0 aliphatic heterocycles. The van der Waals surface area contributed by atoms with Crippen molar-refractivity contribution in [3.05, 3.63) is 53.6 Å². The summed E-state index contributed by atoms with van der Waals surface area (Å²) in [6, 6.07) is 13.8. The van der Waals surface area contributed by atoms with Gasteiger partial charge in [-0.2, -0.15) is 0 Å². The number of nitrogen functional groups attached to an aromatic ring is 1. The van der Waals surface area contributed by atoms with Crippen LogP contribution in [-0.2, 0) is 6.42 Å². The van der Waals surface area contributed by atoms with Gasteiger partial charge in [0.15, 0.2) is 0 Å². The van der Waals surface area contributed by atoms with E-state index < -0.39 is 0 Å². The highest BCUT2D eigenvalue weighted by Gasteiger charge is 2.08. The van der Waals surface area contributed by atoms with E-state index in [1.807, 2.05) is 42.5 Å². The summed E-state index contributed by atoms with van der Waals surface area (Å²) in [6.45, 7) is 0. The summed E-state index contributed by atoms with van der Waals surface area (Å²) in [5.41, 5.74) is 8.91. The standard InChI is InChI=1S/C15H17NO2/c1-17-13-8-4-3-6-11(13)10-12-7-5-9-14(18-2)15(12)16/h3-9H,10,16H2,1-2H3. The number of nitrogens with two attached hydrogens (primary N) is 1. The molecule has 3 heteroatoms. The van der Waals surface area contributed by atoms with E-state index in [0.29, 0.717) is 11.4 Å². The molecule has 0 radical (unpaired) electrons. The lowest BCUT2D eigenvalue weighted by atomic mass is 10.0. The number of methoxy groups -OCH3 is 2. The molecule has 18 heavy (non-hydrogen) atoms. The third-order valence-electron chi connectivity index (χ3n) is 2.95. The third kappa shape index (κ3) is 2.40. The Balaban J connectivity index is 2.34. The number of anilines is 1. The Kier molecular flexibility index (Phi) is 3.72. The molecule has 0 aromatic heterocycles. The summed E-state index contributed by atoms with van der Waals surface area (Å²) in [5, 5.41) is 0. The molecule has 2 aromatic carbocycles. The molecule has 0 aliphatic carbocycles. The van der Waals surface area contributed by atoms with E-state index in [9.17, 15) is 0 Å². The van der Waals surface area contributed by atoms with Gasteiger partial charge in [-0.15, -0.1) is 0 Å². The van der Waals surface area contributed by atoms with E-state index in [-0.39, 0.29) is 0 Å². The van der Waals surface area contributed by atoms with Crippen LogP contribution in [0.3, 0.4) is 0 Å². The van der Waals surface area contributed by atoms with Gasteiger partial charge >= 0.3 is 0 Å². The average molecular weight is 243 g/mol. The first-order valence-corrected chi connectivity index (χ1v) is 5.79. The molecular formula is C15H17NO2. The molecule has 94 valence electrons. The summed E-state index contributed by atoms with van der Waals surface area (Å²) in [6.07, 6.45) is 0.729. The summed E-state index contributed by atoms with van der Waals surface area (Å²) >= 11 is 0. The first-order valence-electron chi connectivity index (χ1n) is 5.79. The zero-order chi connectivity index (χ0) is 13.0. The van der Waals surface area contributed by atoms with Crippen molar-refractivity contribution in [3.8, 4) is 11.5 Å². The lowest BCUT2D eigenvalue weighted by molar-refractivity contribution is 0.410. The Morgan fingerprint density at radius 1 is 0.833 bits per heavy atom. The molecule has 2 aromatic rings. The first kappa shape index (κ1) is 12.3. The maximum Gasteiger partial charge on any atom is 0.142 e. The summed E-state index contributed by atoms with van der Waals surface area (Å²) in [7, 11) is 3.30. The second-order valence-corrected chi connectivity index (χ2v) is 4.02. The fourth-order valence-electron chi connectivity index (χ4n) is 1.98. The van der Waals surface area contributed by atoms with E-state index in [0.717, 1.165) is 23.3 Å². The van der Waals surface area contributed by atoms with Crippen molar-refractivity contribution in [3.63, 3.8) is 0 Å². The van der Waals surface area contributed by atoms with Gasteiger partial charge in [0.25, 0.3) is 0 Å². The van der Waals surface area contributed by atoms with E-state index in [1.54, 1.807) is 14.2 Å². The Morgan fingerprint density at radius 3 is 2.17 bits per heavy atom. The van der Waals surface area contributed by atoms with Crippen LogP contribution in [0.5, 0.6) is 11.5 Å². The van der Waals surface area contributed by atoms with Crippen LogP contribution in [0.1, 0.15) is 11.1 Å². The number of benzene rings is 2. The zero-order valence-electron chi connectivity index (χ0n) is 10.6. The molecule has 0 aliphatic rings. The van der Waals surface area contributed by atoms with Gasteiger partial charge in [-0.3, -0.25) is 0 Å². The van der Waals surface area contributed by atoms with Crippen LogP contribution in [0.15, 0.2) is 42.5 Å². The number of hydrogen-bond donors (Lipinski definition) is 1. The first-order chi connectivity index (χ1) is 8.76. The van der Waals surface area contributed by atoms with E-state index in [2.05, 4.69) is 0 Å².